The molecule has 79 heavy (non-hydrogen) atoms. The maximum atomic E-state index is 9.30. The van der Waals surface area contributed by atoms with Gasteiger partial charge in [-0.15, -0.1) is 0 Å². The molecular weight excluding hydrogens is 1090 g/mol. The Bertz CT molecular complexity index is 2350. The van der Waals surface area contributed by atoms with Crippen LogP contribution in [-0.4, -0.2) is 10.2 Å². The average molecular weight is 1180 g/mol. The molecule has 0 unspecified atom stereocenters. The van der Waals surface area contributed by atoms with E-state index in [0.717, 1.165) is 70.3 Å². The number of phenolic OH excluding ortho intramolecular Hbond substituents is 2. The average Bonchev–Trinajstić information content (AvgIpc) is 3.72. The zero-order valence-corrected chi connectivity index (χ0v) is 53.7. The van der Waals surface area contributed by atoms with Crippen LogP contribution >= 0.6 is 15.8 Å². The van der Waals surface area contributed by atoms with Crippen LogP contribution in [0.25, 0.3) is 0 Å². The summed E-state index contributed by atoms with van der Waals surface area (Å²) in [6, 6.07) is 79.4. The van der Waals surface area contributed by atoms with Crippen LogP contribution in [0.4, 0.5) is 0 Å². The van der Waals surface area contributed by atoms with Crippen molar-refractivity contribution in [2.24, 2.45) is 59.2 Å². The topological polar surface area (TPSA) is 40.5 Å². The van der Waals surface area contributed by atoms with Gasteiger partial charge in [-0.3, -0.25) is 0 Å². The first-order valence-electron chi connectivity index (χ1n) is 27.7. The summed E-state index contributed by atoms with van der Waals surface area (Å²) in [6.07, 6.45) is 0. The van der Waals surface area contributed by atoms with E-state index in [1.165, 1.54) is 31.8 Å². The Balaban J connectivity index is 0.000000341. The van der Waals surface area contributed by atoms with Crippen molar-refractivity contribution in [2.45, 2.75) is 88.5 Å². The van der Waals surface area contributed by atoms with E-state index in [1.54, 1.807) is 24.3 Å². The minimum atomic E-state index is -0.877. The van der Waals surface area contributed by atoms with Crippen molar-refractivity contribution in [3.63, 3.8) is 0 Å². The molecule has 428 valence electrons. The van der Waals surface area contributed by atoms with E-state index < -0.39 is 15.8 Å². The molecule has 0 amide bonds. The van der Waals surface area contributed by atoms with Crippen LogP contribution in [0.3, 0.4) is 0 Å². The molecule has 2 aliphatic carbocycles. The van der Waals surface area contributed by atoms with Crippen LogP contribution < -0.4 is 31.8 Å². The van der Waals surface area contributed by atoms with Crippen LogP contribution in [0.5, 0.6) is 11.5 Å². The molecule has 0 aliphatic heterocycles. The molecule has 0 saturated heterocycles. The predicted molar refractivity (Wildman–Crippen MR) is 346 cm³/mol. The van der Waals surface area contributed by atoms with E-state index in [4.69, 9.17) is 0 Å². The third kappa shape index (κ3) is 19.2. The molecule has 0 atom stereocenters. The number of benzene rings is 8. The van der Waals surface area contributed by atoms with Gasteiger partial charge in [-0.05, 0) is 167 Å². The maximum Gasteiger partial charge on any atom is 0.115 e. The monoisotopic (exact) mass is 1180 g/mol. The Kier molecular flexibility index (Phi) is 30.7. The predicted octanol–water partition coefficient (Wildman–Crippen LogP) is 17.0. The summed E-state index contributed by atoms with van der Waals surface area (Å²) in [7, 11) is -1.75. The van der Waals surface area contributed by atoms with E-state index in [2.05, 4.69) is 265 Å². The number of hydrogen-bond donors (Lipinski definition) is 2. The Morgan fingerprint density at radius 3 is 0.532 bits per heavy atom. The molecule has 6 heteroatoms. The van der Waals surface area contributed by atoms with Crippen molar-refractivity contribution < 1.29 is 43.2 Å². The van der Waals surface area contributed by atoms with Gasteiger partial charge in [-0.1, -0.05) is 217 Å². The smallest absolute Gasteiger partial charge is 0.115 e. The first-order valence-corrected chi connectivity index (χ1v) is 30.7. The van der Waals surface area contributed by atoms with Crippen LogP contribution in [0.1, 0.15) is 94.2 Å². The molecule has 2 aliphatic rings. The van der Waals surface area contributed by atoms with Gasteiger partial charge in [-0.2, -0.15) is 0 Å². The second kappa shape index (κ2) is 34.5. The van der Waals surface area contributed by atoms with Crippen molar-refractivity contribution in [3.05, 3.63) is 257 Å². The third-order valence-electron chi connectivity index (χ3n) is 17.8. The minimum Gasteiger partial charge on any atom is -0.508 e. The Morgan fingerprint density at radius 2 is 0.392 bits per heavy atom. The molecule has 2 nitrogen and oxygen atoms in total. The molecule has 0 aromatic heterocycles. The van der Waals surface area contributed by atoms with Gasteiger partial charge in [0.15, 0.2) is 0 Å². The van der Waals surface area contributed by atoms with Gasteiger partial charge in [-0.25, -0.2) is 0 Å². The fourth-order valence-corrected chi connectivity index (χ4v) is 16.5. The number of phenols is 2. The molecule has 0 heterocycles. The summed E-state index contributed by atoms with van der Waals surface area (Å²) in [6.45, 7) is 28.2. The zero-order chi connectivity index (χ0) is 54.1. The van der Waals surface area contributed by atoms with Crippen molar-refractivity contribution in [1.82, 2.24) is 0 Å². The third-order valence-corrected chi connectivity index (χ3v) is 23.3. The number of rotatable bonds is 8. The van der Waals surface area contributed by atoms with Crippen LogP contribution in [0.15, 0.2) is 231 Å². The van der Waals surface area contributed by atoms with Crippen molar-refractivity contribution in [3.8, 4) is 11.5 Å². The Labute approximate surface area is 503 Å². The van der Waals surface area contributed by atoms with Gasteiger partial charge in [0.1, 0.15) is 43.3 Å². The molecule has 10 rings (SSSR count). The number of hydrogen-bond acceptors (Lipinski definition) is 2. The fourth-order valence-electron chi connectivity index (χ4n) is 11.3. The van der Waals surface area contributed by atoms with Gasteiger partial charge in [0, 0.05) is 38.4 Å². The van der Waals surface area contributed by atoms with Gasteiger partial charge in [0.25, 0.3) is 0 Å². The normalized spacial score (nSPS) is 21.6. The van der Waals surface area contributed by atoms with Gasteiger partial charge >= 0.3 is 0 Å². The summed E-state index contributed by atoms with van der Waals surface area (Å²) in [5, 5.41) is 27.2. The second-order valence-electron chi connectivity index (χ2n) is 22.3. The second-order valence-corrected chi connectivity index (χ2v) is 27.2. The SMILES string of the molecule is CC(C)(c1ccc(O)cc1)c1ccc(O)cc1.CC1C(C)C(C)C(C)C1C.CC1C(C)C(C)C(C)C1C.[CH3-].[CH3-].[Ni].[Ni].c1ccc([PH+](c2ccccc2)c2ccccc2)cc1.c1ccc([PH+](c2ccccc2)c2ccccc2)cc1. The summed E-state index contributed by atoms with van der Waals surface area (Å²) in [5.74, 6) is 9.90. The van der Waals surface area contributed by atoms with Crippen molar-refractivity contribution in [1.29, 1.82) is 0 Å². The van der Waals surface area contributed by atoms with E-state index >= 15 is 0 Å². The maximum absolute atomic E-state index is 9.30. The molecule has 2 N–H and O–H groups in total. The molecule has 0 spiro atoms. The van der Waals surface area contributed by atoms with Crippen molar-refractivity contribution in [2.75, 3.05) is 0 Å². The van der Waals surface area contributed by atoms with Gasteiger partial charge in [0.2, 0.25) is 0 Å². The Hall–Kier alpha value is -4.79. The van der Waals surface area contributed by atoms with E-state index in [1.807, 2.05) is 24.3 Å². The van der Waals surface area contributed by atoms with E-state index in [0.29, 0.717) is 0 Å². The van der Waals surface area contributed by atoms with Crippen LogP contribution in [0.2, 0.25) is 0 Å². The molecule has 2 saturated carbocycles. The van der Waals surface area contributed by atoms with E-state index in [-0.39, 0.29) is 64.8 Å². The number of aromatic hydroxyl groups is 2. The quantitative estimate of drug-likeness (QED) is 0.0904. The van der Waals surface area contributed by atoms with Crippen LogP contribution in [0, 0.1) is 74.0 Å². The largest absolute Gasteiger partial charge is 0.508 e. The molecule has 8 aromatic rings. The van der Waals surface area contributed by atoms with Gasteiger partial charge in [0.05, 0.1) is 15.8 Å². The molecule has 0 radical (unpaired) electrons. The fraction of sp³-hybridized carbons (Fsp3) is 0.315. The molecule has 8 aromatic carbocycles. The summed E-state index contributed by atoms with van der Waals surface area (Å²) in [5.41, 5.74) is 2.10. The Morgan fingerprint density at radius 1 is 0.253 bits per heavy atom. The van der Waals surface area contributed by atoms with Gasteiger partial charge < -0.3 is 25.1 Å². The molecule has 0 bridgehead atoms. The standard InChI is InChI=1S/2C18H15P.C15H16O2.2C10H20.2CH3.2Ni/c2*1-4-10-16(11-5-1)19(17-12-6-2-7-13-17)18-14-8-3-9-15-18;1-15(2,11-3-7-13(16)8-4-11)12-5-9-14(17)10-6-12;2*1-6-7(2)9(4)10(5)8(6)3;;;;/h2*1-15H;3-10,16-17H,1-2H3;2*6-10H,1-5H3;2*1H3;;/q;;;;;2*-1;;/p+2. The first-order chi connectivity index (χ1) is 36.0. The summed E-state index contributed by atoms with van der Waals surface area (Å²) >= 11 is 0. The zero-order valence-electron chi connectivity index (χ0n) is 49.7. The van der Waals surface area contributed by atoms with Crippen LogP contribution in [-0.2, 0) is 38.4 Å². The summed E-state index contributed by atoms with van der Waals surface area (Å²) in [4.78, 5) is 0. The minimum absolute atomic E-state index is 0. The summed E-state index contributed by atoms with van der Waals surface area (Å²) < 4.78 is 0. The van der Waals surface area contributed by atoms with Crippen molar-refractivity contribution >= 4 is 47.7 Å². The molecular formula is C73H94Ni2O2P2. The first kappa shape index (κ1) is 70.3. The van der Waals surface area contributed by atoms with E-state index in [9.17, 15) is 10.2 Å². The molecule has 2 fully saturated rings.